The Bertz CT molecular complexity index is 683. The van der Waals surface area contributed by atoms with Crippen molar-refractivity contribution in [3.8, 4) is 5.75 Å². The van der Waals surface area contributed by atoms with Crippen LogP contribution in [0, 0.1) is 0 Å². The quantitative estimate of drug-likeness (QED) is 0.658. The van der Waals surface area contributed by atoms with Gasteiger partial charge in [-0.05, 0) is 36.8 Å². The lowest BCUT2D eigenvalue weighted by molar-refractivity contribution is -0.134. The molecule has 0 aromatic heterocycles. The van der Waals surface area contributed by atoms with Gasteiger partial charge in [-0.1, -0.05) is 30.3 Å². The van der Waals surface area contributed by atoms with Crippen molar-refractivity contribution in [2.24, 2.45) is 0 Å². The van der Waals surface area contributed by atoms with Gasteiger partial charge in [0.15, 0.2) is 12.4 Å². The lowest BCUT2D eigenvalue weighted by Gasteiger charge is -2.22. The monoisotopic (exact) mass is 341 g/mol. The van der Waals surface area contributed by atoms with Crippen molar-refractivity contribution in [3.63, 3.8) is 0 Å². The Morgan fingerprint density at radius 3 is 2.28 bits per heavy atom. The number of carbonyl (C=O) groups excluding carboxylic acids is 2. The number of hydrogen-bond donors (Lipinski definition) is 0. The van der Waals surface area contributed by atoms with Crippen LogP contribution in [0.15, 0.2) is 54.6 Å². The molecule has 0 radical (unpaired) electrons. The SMILES string of the molecule is COCCN(Cc1ccccc1)C(=O)COc1ccc(C(C)=O)cc1. The van der Waals surface area contributed by atoms with Gasteiger partial charge in [0.25, 0.3) is 5.91 Å². The van der Waals surface area contributed by atoms with E-state index in [4.69, 9.17) is 9.47 Å². The molecule has 0 bridgehead atoms. The lowest BCUT2D eigenvalue weighted by Crippen LogP contribution is -2.36. The van der Waals surface area contributed by atoms with Crippen molar-refractivity contribution >= 4 is 11.7 Å². The summed E-state index contributed by atoms with van der Waals surface area (Å²) >= 11 is 0. The topological polar surface area (TPSA) is 55.8 Å². The number of carbonyl (C=O) groups is 2. The molecule has 0 atom stereocenters. The Hall–Kier alpha value is -2.66. The number of hydrogen-bond acceptors (Lipinski definition) is 4. The largest absolute Gasteiger partial charge is 0.484 e. The summed E-state index contributed by atoms with van der Waals surface area (Å²) in [6.45, 7) is 2.92. The van der Waals surface area contributed by atoms with E-state index < -0.39 is 0 Å². The van der Waals surface area contributed by atoms with Crippen molar-refractivity contribution in [2.75, 3.05) is 26.9 Å². The van der Waals surface area contributed by atoms with E-state index in [0.717, 1.165) is 5.56 Å². The van der Waals surface area contributed by atoms with Gasteiger partial charge in [0, 0.05) is 25.8 Å². The van der Waals surface area contributed by atoms with Crippen LogP contribution >= 0.6 is 0 Å². The van der Waals surface area contributed by atoms with Crippen molar-refractivity contribution in [2.45, 2.75) is 13.5 Å². The number of benzene rings is 2. The minimum Gasteiger partial charge on any atom is -0.484 e. The Morgan fingerprint density at radius 1 is 1.00 bits per heavy atom. The summed E-state index contributed by atoms with van der Waals surface area (Å²) in [4.78, 5) is 25.5. The molecule has 2 aromatic carbocycles. The first kappa shape index (κ1) is 18.7. The maximum absolute atomic E-state index is 12.5. The van der Waals surface area contributed by atoms with Crippen LogP contribution in [0.25, 0.3) is 0 Å². The van der Waals surface area contributed by atoms with Crippen LogP contribution in [0.5, 0.6) is 5.75 Å². The molecule has 0 aliphatic carbocycles. The third kappa shape index (κ3) is 6.04. The summed E-state index contributed by atoms with van der Waals surface area (Å²) in [7, 11) is 1.61. The third-order valence-corrected chi connectivity index (χ3v) is 3.76. The molecular weight excluding hydrogens is 318 g/mol. The minimum atomic E-state index is -0.114. The molecule has 132 valence electrons. The molecule has 1 amide bonds. The molecule has 0 aliphatic heterocycles. The molecule has 0 unspecified atom stereocenters. The van der Waals surface area contributed by atoms with E-state index in [9.17, 15) is 9.59 Å². The molecule has 2 aromatic rings. The second-order valence-electron chi connectivity index (χ2n) is 5.66. The fraction of sp³-hybridized carbons (Fsp3) is 0.300. The average molecular weight is 341 g/mol. The average Bonchev–Trinajstić information content (AvgIpc) is 2.64. The molecule has 0 spiro atoms. The van der Waals surface area contributed by atoms with E-state index in [1.54, 1.807) is 36.3 Å². The zero-order chi connectivity index (χ0) is 18.1. The standard InChI is InChI=1S/C20H23NO4/c1-16(22)18-8-10-19(11-9-18)25-15-20(23)21(12-13-24-2)14-17-6-4-3-5-7-17/h3-11H,12-15H2,1-2H3. The van der Waals surface area contributed by atoms with Crippen LogP contribution in [0.4, 0.5) is 0 Å². The molecule has 2 rings (SSSR count). The van der Waals surface area contributed by atoms with Gasteiger partial charge in [0.1, 0.15) is 5.75 Å². The van der Waals surface area contributed by atoms with Gasteiger partial charge in [-0.2, -0.15) is 0 Å². The molecule has 0 heterocycles. The highest BCUT2D eigenvalue weighted by Crippen LogP contribution is 2.13. The fourth-order valence-corrected chi connectivity index (χ4v) is 2.32. The number of ether oxygens (including phenoxy) is 2. The molecule has 0 N–H and O–H groups in total. The van der Waals surface area contributed by atoms with Crippen molar-refractivity contribution < 1.29 is 19.1 Å². The van der Waals surface area contributed by atoms with E-state index in [0.29, 0.717) is 31.0 Å². The fourth-order valence-electron chi connectivity index (χ4n) is 2.32. The van der Waals surface area contributed by atoms with Gasteiger partial charge in [-0.25, -0.2) is 0 Å². The number of rotatable bonds is 9. The number of methoxy groups -OCH3 is 1. The molecule has 0 saturated heterocycles. The normalized spacial score (nSPS) is 10.3. The number of amides is 1. The van der Waals surface area contributed by atoms with Crippen LogP contribution in [0.3, 0.4) is 0 Å². The molecular formula is C20H23NO4. The van der Waals surface area contributed by atoms with Crippen LogP contribution in [0.1, 0.15) is 22.8 Å². The zero-order valence-electron chi connectivity index (χ0n) is 14.6. The summed E-state index contributed by atoms with van der Waals surface area (Å²) in [5, 5.41) is 0. The van der Waals surface area contributed by atoms with Crippen molar-refractivity contribution in [1.29, 1.82) is 0 Å². The molecule has 0 saturated carbocycles. The second-order valence-corrected chi connectivity index (χ2v) is 5.66. The first-order chi connectivity index (χ1) is 12.1. The highest BCUT2D eigenvalue weighted by molar-refractivity contribution is 5.94. The summed E-state index contributed by atoms with van der Waals surface area (Å²) in [6.07, 6.45) is 0. The number of nitrogens with zero attached hydrogens (tertiary/aromatic N) is 1. The maximum Gasteiger partial charge on any atom is 0.260 e. The highest BCUT2D eigenvalue weighted by atomic mass is 16.5. The van der Waals surface area contributed by atoms with Gasteiger partial charge in [0.05, 0.1) is 6.61 Å². The van der Waals surface area contributed by atoms with Crippen molar-refractivity contribution in [3.05, 3.63) is 65.7 Å². The van der Waals surface area contributed by atoms with Crippen molar-refractivity contribution in [1.82, 2.24) is 4.90 Å². The van der Waals surface area contributed by atoms with Crippen LogP contribution in [-0.4, -0.2) is 43.5 Å². The predicted octanol–water partition coefficient (Wildman–Crippen LogP) is 2.94. The highest BCUT2D eigenvalue weighted by Gasteiger charge is 2.14. The van der Waals surface area contributed by atoms with E-state index in [2.05, 4.69) is 0 Å². The number of ketones is 1. The number of Topliss-reactive ketones (excluding diaryl/α,β-unsaturated/α-hetero) is 1. The van der Waals surface area contributed by atoms with E-state index in [-0.39, 0.29) is 18.3 Å². The molecule has 5 nitrogen and oxygen atoms in total. The first-order valence-corrected chi connectivity index (χ1v) is 8.14. The van der Waals surface area contributed by atoms with Gasteiger partial charge in [-0.3, -0.25) is 9.59 Å². The third-order valence-electron chi connectivity index (χ3n) is 3.76. The summed E-state index contributed by atoms with van der Waals surface area (Å²) in [5.41, 5.74) is 1.67. The lowest BCUT2D eigenvalue weighted by atomic mass is 10.1. The van der Waals surface area contributed by atoms with Crippen LogP contribution in [-0.2, 0) is 16.1 Å². The first-order valence-electron chi connectivity index (χ1n) is 8.14. The van der Waals surface area contributed by atoms with E-state index in [1.165, 1.54) is 6.92 Å². The molecule has 0 aliphatic rings. The van der Waals surface area contributed by atoms with Gasteiger partial charge in [-0.15, -0.1) is 0 Å². The van der Waals surface area contributed by atoms with Gasteiger partial charge < -0.3 is 14.4 Å². The van der Waals surface area contributed by atoms with E-state index in [1.807, 2.05) is 30.3 Å². The Morgan fingerprint density at radius 2 is 1.68 bits per heavy atom. The summed E-state index contributed by atoms with van der Waals surface area (Å²) in [5.74, 6) is 0.442. The molecule has 25 heavy (non-hydrogen) atoms. The minimum absolute atomic E-state index is 0.00349. The predicted molar refractivity (Wildman–Crippen MR) is 95.7 cm³/mol. The van der Waals surface area contributed by atoms with Crippen LogP contribution in [0.2, 0.25) is 0 Å². The van der Waals surface area contributed by atoms with Gasteiger partial charge in [0.2, 0.25) is 0 Å². The van der Waals surface area contributed by atoms with E-state index >= 15 is 0 Å². The second kappa shape index (κ2) is 9.59. The molecule has 0 fully saturated rings. The smallest absolute Gasteiger partial charge is 0.260 e. The Balaban J connectivity index is 1.95. The zero-order valence-corrected chi connectivity index (χ0v) is 14.6. The Kier molecular flexibility index (Phi) is 7.16. The summed E-state index contributed by atoms with van der Waals surface area (Å²) < 4.78 is 10.6. The Labute approximate surface area is 148 Å². The maximum atomic E-state index is 12.5. The van der Waals surface area contributed by atoms with Gasteiger partial charge >= 0.3 is 0 Å². The summed E-state index contributed by atoms with van der Waals surface area (Å²) in [6, 6.07) is 16.6. The van der Waals surface area contributed by atoms with Crippen LogP contribution < -0.4 is 4.74 Å². The molecule has 5 heteroatoms.